The van der Waals surface area contributed by atoms with Crippen molar-refractivity contribution < 1.29 is 5.11 Å². The Labute approximate surface area is 132 Å². The predicted molar refractivity (Wildman–Crippen MR) is 86.7 cm³/mol. The van der Waals surface area contributed by atoms with Crippen molar-refractivity contribution in [3.63, 3.8) is 0 Å². The third kappa shape index (κ3) is 2.57. The fourth-order valence-electron chi connectivity index (χ4n) is 2.90. The fourth-order valence-corrected chi connectivity index (χ4v) is 2.90. The maximum absolute atomic E-state index is 9.53. The lowest BCUT2D eigenvalue weighted by molar-refractivity contribution is 0.265. The molecule has 0 saturated carbocycles. The van der Waals surface area contributed by atoms with E-state index in [0.29, 0.717) is 22.9 Å². The summed E-state index contributed by atoms with van der Waals surface area (Å²) in [6.07, 6.45) is 1.96. The molecule has 118 valence electrons. The van der Waals surface area contributed by atoms with Gasteiger partial charge in [0.05, 0.1) is 12.6 Å². The number of H-pyrrole nitrogens is 1. The Balaban J connectivity index is 1.75. The van der Waals surface area contributed by atoms with E-state index in [9.17, 15) is 5.11 Å². The van der Waals surface area contributed by atoms with Crippen LogP contribution in [0.5, 0.6) is 0 Å². The van der Waals surface area contributed by atoms with Crippen LogP contribution in [0, 0.1) is 0 Å². The lowest BCUT2D eigenvalue weighted by Crippen LogP contribution is -2.33. The Kier molecular flexibility index (Phi) is 3.51. The number of anilines is 3. The molecule has 0 spiro atoms. The van der Waals surface area contributed by atoms with Crippen LogP contribution in [0.2, 0.25) is 0 Å². The van der Waals surface area contributed by atoms with Crippen LogP contribution >= 0.6 is 0 Å². The van der Waals surface area contributed by atoms with Crippen LogP contribution in [0.15, 0.2) is 30.3 Å². The van der Waals surface area contributed by atoms with Gasteiger partial charge in [0.1, 0.15) is 0 Å². The zero-order valence-corrected chi connectivity index (χ0v) is 12.5. The van der Waals surface area contributed by atoms with Gasteiger partial charge >= 0.3 is 0 Å². The van der Waals surface area contributed by atoms with Gasteiger partial charge in [-0.05, 0) is 25.0 Å². The smallest absolute Gasteiger partial charge is 0.229 e. The third-order valence-corrected chi connectivity index (χ3v) is 4.05. The van der Waals surface area contributed by atoms with Gasteiger partial charge in [0, 0.05) is 12.2 Å². The summed E-state index contributed by atoms with van der Waals surface area (Å²) < 4.78 is 0. The van der Waals surface area contributed by atoms with Gasteiger partial charge in [-0.2, -0.15) is 20.3 Å². The topological polar surface area (TPSA) is 103 Å². The number of nitrogens with zero attached hydrogens (tertiary/aromatic N) is 5. The number of aromatic amines is 1. The van der Waals surface area contributed by atoms with Crippen LogP contribution in [-0.4, -0.2) is 49.7 Å². The minimum atomic E-state index is 0.0592. The molecule has 1 aliphatic heterocycles. The number of nitrogens with one attached hydrogen (secondary N) is 2. The SMILES string of the molecule is OCC1CCCN1c1nc(Nc2ccccc2)c2n[nH]nc2n1. The van der Waals surface area contributed by atoms with E-state index in [0.717, 1.165) is 25.1 Å². The van der Waals surface area contributed by atoms with Crippen LogP contribution in [0.4, 0.5) is 17.5 Å². The molecule has 1 saturated heterocycles. The molecule has 8 heteroatoms. The first kappa shape index (κ1) is 13.9. The predicted octanol–water partition coefficient (Wildman–Crippen LogP) is 1.45. The van der Waals surface area contributed by atoms with Crippen molar-refractivity contribution in [2.24, 2.45) is 0 Å². The van der Waals surface area contributed by atoms with E-state index < -0.39 is 0 Å². The average molecular weight is 311 g/mol. The first-order valence-corrected chi connectivity index (χ1v) is 7.63. The van der Waals surface area contributed by atoms with Crippen molar-refractivity contribution in [3.05, 3.63) is 30.3 Å². The number of aliphatic hydroxyl groups excluding tert-OH is 1. The molecule has 3 aromatic rings. The highest BCUT2D eigenvalue weighted by atomic mass is 16.3. The van der Waals surface area contributed by atoms with Gasteiger partial charge in [0.15, 0.2) is 11.3 Å². The van der Waals surface area contributed by atoms with Gasteiger partial charge in [-0.25, -0.2) is 0 Å². The van der Waals surface area contributed by atoms with Gasteiger partial charge < -0.3 is 15.3 Å². The van der Waals surface area contributed by atoms with Crippen molar-refractivity contribution >= 4 is 28.6 Å². The minimum absolute atomic E-state index is 0.0592. The molecule has 0 aliphatic carbocycles. The standard InChI is InChI=1S/C15H17N7O/c23-9-11-7-4-8-22(11)15-17-13(12-14(18-15)20-21-19-12)16-10-5-2-1-3-6-10/h1-3,5-6,11,23H,4,7-9H2,(H2,16,17,18,19,20,21). The summed E-state index contributed by atoms with van der Waals surface area (Å²) in [5.74, 6) is 1.18. The molecule has 1 unspecified atom stereocenters. The van der Waals surface area contributed by atoms with Gasteiger partial charge in [-0.1, -0.05) is 18.2 Å². The van der Waals surface area contributed by atoms with Crippen LogP contribution in [-0.2, 0) is 0 Å². The number of fused-ring (bicyclic) bond motifs is 1. The highest BCUT2D eigenvalue weighted by molar-refractivity contribution is 5.85. The molecule has 1 aromatic carbocycles. The van der Waals surface area contributed by atoms with Crippen LogP contribution in [0.3, 0.4) is 0 Å². The summed E-state index contributed by atoms with van der Waals surface area (Å²) in [7, 11) is 0. The van der Waals surface area contributed by atoms with Crippen molar-refractivity contribution in [1.82, 2.24) is 25.4 Å². The second-order valence-corrected chi connectivity index (χ2v) is 5.53. The normalized spacial score (nSPS) is 17.8. The summed E-state index contributed by atoms with van der Waals surface area (Å²) in [5, 5.41) is 23.6. The Morgan fingerprint density at radius 1 is 1.22 bits per heavy atom. The van der Waals surface area contributed by atoms with Gasteiger partial charge in [-0.3, -0.25) is 0 Å². The number of para-hydroxylation sites is 1. The first-order chi connectivity index (χ1) is 11.3. The zero-order valence-electron chi connectivity index (χ0n) is 12.5. The van der Waals surface area contributed by atoms with Crippen molar-refractivity contribution in [1.29, 1.82) is 0 Å². The molecule has 1 fully saturated rings. The van der Waals surface area contributed by atoms with Gasteiger partial charge in [0.25, 0.3) is 0 Å². The number of hydrogen-bond acceptors (Lipinski definition) is 7. The number of rotatable bonds is 4. The first-order valence-electron chi connectivity index (χ1n) is 7.63. The minimum Gasteiger partial charge on any atom is -0.394 e. The largest absolute Gasteiger partial charge is 0.394 e. The van der Waals surface area contributed by atoms with Crippen molar-refractivity contribution in [2.75, 3.05) is 23.4 Å². The van der Waals surface area contributed by atoms with Gasteiger partial charge in [0.2, 0.25) is 11.6 Å². The highest BCUT2D eigenvalue weighted by Crippen LogP contribution is 2.27. The number of hydrogen-bond donors (Lipinski definition) is 3. The van der Waals surface area contributed by atoms with Crippen LogP contribution in [0.1, 0.15) is 12.8 Å². The van der Waals surface area contributed by atoms with E-state index >= 15 is 0 Å². The Hall–Kier alpha value is -2.74. The van der Waals surface area contributed by atoms with Crippen molar-refractivity contribution in [3.8, 4) is 0 Å². The molecule has 1 aliphatic rings. The molecular formula is C15H17N7O. The summed E-state index contributed by atoms with van der Waals surface area (Å²) >= 11 is 0. The maximum Gasteiger partial charge on any atom is 0.229 e. The third-order valence-electron chi connectivity index (χ3n) is 4.05. The lowest BCUT2D eigenvalue weighted by atomic mass is 10.2. The molecule has 8 nitrogen and oxygen atoms in total. The Morgan fingerprint density at radius 2 is 2.09 bits per heavy atom. The Bertz CT molecular complexity index is 804. The van der Waals surface area contributed by atoms with E-state index in [1.54, 1.807) is 0 Å². The summed E-state index contributed by atoms with van der Waals surface area (Å²) in [6.45, 7) is 0.932. The van der Waals surface area contributed by atoms with E-state index in [2.05, 4.69) is 30.7 Å². The monoisotopic (exact) mass is 311 g/mol. The fraction of sp³-hybridized carbons (Fsp3) is 0.333. The molecule has 0 amide bonds. The Morgan fingerprint density at radius 3 is 2.91 bits per heavy atom. The summed E-state index contributed by atoms with van der Waals surface area (Å²) in [4.78, 5) is 11.1. The second kappa shape index (κ2) is 5.81. The van der Waals surface area contributed by atoms with E-state index in [1.165, 1.54) is 0 Å². The molecule has 4 rings (SSSR count). The lowest BCUT2D eigenvalue weighted by Gasteiger charge is -2.23. The number of benzene rings is 1. The zero-order chi connectivity index (χ0) is 15.6. The molecule has 23 heavy (non-hydrogen) atoms. The number of aromatic nitrogens is 5. The second-order valence-electron chi connectivity index (χ2n) is 5.53. The van der Waals surface area contributed by atoms with Crippen LogP contribution < -0.4 is 10.2 Å². The van der Waals surface area contributed by atoms with E-state index in [4.69, 9.17) is 0 Å². The van der Waals surface area contributed by atoms with E-state index in [-0.39, 0.29) is 12.6 Å². The molecule has 2 aromatic heterocycles. The van der Waals surface area contributed by atoms with Crippen LogP contribution in [0.25, 0.3) is 11.2 Å². The van der Waals surface area contributed by atoms with E-state index in [1.807, 2.05) is 35.2 Å². The number of aliphatic hydroxyl groups is 1. The molecule has 3 heterocycles. The molecule has 3 N–H and O–H groups in total. The average Bonchev–Trinajstić information content (AvgIpc) is 3.24. The quantitative estimate of drug-likeness (QED) is 0.670. The molecule has 0 bridgehead atoms. The molecule has 0 radical (unpaired) electrons. The highest BCUT2D eigenvalue weighted by Gasteiger charge is 2.27. The van der Waals surface area contributed by atoms with Gasteiger partial charge in [-0.15, -0.1) is 5.10 Å². The summed E-state index contributed by atoms with van der Waals surface area (Å²) in [5.41, 5.74) is 2.02. The van der Waals surface area contributed by atoms with Crippen molar-refractivity contribution in [2.45, 2.75) is 18.9 Å². The molecule has 1 atom stereocenters. The molecular weight excluding hydrogens is 294 g/mol. The summed E-state index contributed by atoms with van der Waals surface area (Å²) in [6, 6.07) is 9.83. The maximum atomic E-state index is 9.53.